The minimum atomic E-state index is 0.0400. The average Bonchev–Trinajstić information content (AvgIpc) is 4.13. The first kappa shape index (κ1) is 38.3. The van der Waals surface area contributed by atoms with E-state index in [9.17, 15) is 0 Å². The van der Waals surface area contributed by atoms with Gasteiger partial charge >= 0.3 is 0 Å². The third kappa shape index (κ3) is 4.92. The number of rotatable bonds is 3. The SMILES string of the molecule is CC(C)(C)c1ccc2c(c1)c1cc3c(-c4ccc5c(c4)c4c6ccccc6cc6c7cc(-c8c9ccccc9c(-c9ccccc9)c9ccccc89)ccc7n5c64)cccc3c3c4ccccc4n2c13. The Morgan fingerprint density at radius 1 is 0.286 bits per heavy atom. The highest BCUT2D eigenvalue weighted by atomic mass is 14.9. The lowest BCUT2D eigenvalue weighted by atomic mass is 9.85. The van der Waals surface area contributed by atoms with Gasteiger partial charge in [0.2, 0.25) is 0 Å². The highest BCUT2D eigenvalue weighted by Crippen LogP contribution is 2.50. The van der Waals surface area contributed by atoms with Crippen LogP contribution in [0.1, 0.15) is 26.3 Å². The summed E-state index contributed by atoms with van der Waals surface area (Å²) in [6, 6.07) is 80.3. The average molecular weight is 889 g/mol. The second-order valence-corrected chi connectivity index (χ2v) is 20.8. The molecule has 16 aromatic rings. The maximum Gasteiger partial charge on any atom is 0.0626 e. The Balaban J connectivity index is 0.958. The van der Waals surface area contributed by atoms with Gasteiger partial charge in [-0.2, -0.15) is 0 Å². The van der Waals surface area contributed by atoms with Gasteiger partial charge < -0.3 is 8.80 Å². The van der Waals surface area contributed by atoms with Gasteiger partial charge in [0.15, 0.2) is 0 Å². The van der Waals surface area contributed by atoms with Gasteiger partial charge in [-0.3, -0.25) is 0 Å². The Labute approximate surface area is 403 Å². The largest absolute Gasteiger partial charge is 0.308 e. The lowest BCUT2D eigenvalue weighted by Gasteiger charge is -2.19. The number of nitrogens with zero attached hydrogens (tertiary/aromatic N) is 2. The van der Waals surface area contributed by atoms with E-state index >= 15 is 0 Å². The van der Waals surface area contributed by atoms with Gasteiger partial charge in [0.05, 0.1) is 33.1 Å². The van der Waals surface area contributed by atoms with Gasteiger partial charge in [-0.05, 0) is 142 Å². The Morgan fingerprint density at radius 2 is 0.786 bits per heavy atom. The second kappa shape index (κ2) is 13.5. The van der Waals surface area contributed by atoms with Crippen molar-refractivity contribution in [1.29, 1.82) is 0 Å². The van der Waals surface area contributed by atoms with Gasteiger partial charge in [0, 0.05) is 43.1 Å². The normalized spacial score (nSPS) is 12.8. The molecule has 4 heterocycles. The molecule has 0 saturated heterocycles. The Hall–Kier alpha value is -8.72. The molecule has 0 spiro atoms. The Morgan fingerprint density at radius 3 is 1.49 bits per heavy atom. The summed E-state index contributed by atoms with van der Waals surface area (Å²) in [7, 11) is 0. The summed E-state index contributed by atoms with van der Waals surface area (Å²) in [6.07, 6.45) is 0. The van der Waals surface area contributed by atoms with E-state index in [1.54, 1.807) is 0 Å². The van der Waals surface area contributed by atoms with Crippen molar-refractivity contribution in [2.24, 2.45) is 0 Å². The van der Waals surface area contributed by atoms with Crippen LogP contribution in [0.25, 0.3) is 153 Å². The van der Waals surface area contributed by atoms with Crippen molar-refractivity contribution in [3.8, 4) is 33.4 Å². The summed E-state index contributed by atoms with van der Waals surface area (Å²) >= 11 is 0. The van der Waals surface area contributed by atoms with Gasteiger partial charge in [0.25, 0.3) is 0 Å². The highest BCUT2D eigenvalue weighted by molar-refractivity contribution is 6.34. The van der Waals surface area contributed by atoms with Crippen LogP contribution in [0.2, 0.25) is 0 Å². The first-order chi connectivity index (χ1) is 34.4. The van der Waals surface area contributed by atoms with Crippen LogP contribution in [0, 0.1) is 0 Å². The number of hydrogen-bond acceptors (Lipinski definition) is 0. The van der Waals surface area contributed by atoms with Crippen LogP contribution in [0.3, 0.4) is 0 Å². The van der Waals surface area contributed by atoms with Gasteiger partial charge in [-0.15, -0.1) is 0 Å². The number of aromatic nitrogens is 2. The van der Waals surface area contributed by atoms with E-state index in [1.807, 2.05) is 0 Å². The molecule has 0 atom stereocenters. The molecule has 12 aromatic carbocycles. The molecule has 0 fully saturated rings. The Bertz CT molecular complexity index is 4850. The maximum atomic E-state index is 2.55. The van der Waals surface area contributed by atoms with Crippen molar-refractivity contribution in [3.05, 3.63) is 218 Å². The van der Waals surface area contributed by atoms with Crippen LogP contribution >= 0.6 is 0 Å². The van der Waals surface area contributed by atoms with Crippen LogP contribution in [0.15, 0.2) is 212 Å². The van der Waals surface area contributed by atoms with E-state index < -0.39 is 0 Å². The van der Waals surface area contributed by atoms with Crippen molar-refractivity contribution in [3.63, 3.8) is 0 Å². The monoisotopic (exact) mass is 888 g/mol. The van der Waals surface area contributed by atoms with E-state index in [0.717, 1.165) is 0 Å². The van der Waals surface area contributed by atoms with Gasteiger partial charge in [-0.25, -0.2) is 0 Å². The van der Waals surface area contributed by atoms with Crippen molar-refractivity contribution in [2.45, 2.75) is 26.2 Å². The fourth-order valence-corrected chi connectivity index (χ4v) is 13.0. The third-order valence-electron chi connectivity index (χ3n) is 16.1. The van der Waals surface area contributed by atoms with Crippen molar-refractivity contribution >= 4 is 119 Å². The van der Waals surface area contributed by atoms with E-state index in [4.69, 9.17) is 0 Å². The standard InChI is InChI=1S/C68H44N2/c1-68(2,3)43-30-33-60-54(37-43)56-38-52-44(25-15-26-50(52)65-51-24-13-14-27-58(51)69(60)67(56)65)41-28-31-61-57(35-41)64-45-19-8-7-18-40(45)34-55-53-36-42(29-32-59(53)70(61)66(55)64)63-48-22-11-9-20-46(48)62(39-16-5-4-6-17-39)47-21-10-12-23-49(47)63/h4-38H,1-3H3. The lowest BCUT2D eigenvalue weighted by Crippen LogP contribution is -2.10. The minimum Gasteiger partial charge on any atom is -0.308 e. The molecular formula is C68H44N2. The van der Waals surface area contributed by atoms with Gasteiger partial charge in [0.1, 0.15) is 0 Å². The molecule has 16 rings (SSSR count). The zero-order valence-corrected chi connectivity index (χ0v) is 39.1. The zero-order chi connectivity index (χ0) is 46.1. The molecular weight excluding hydrogens is 845 g/mol. The lowest BCUT2D eigenvalue weighted by molar-refractivity contribution is 0.591. The maximum absolute atomic E-state index is 2.55. The molecule has 326 valence electrons. The van der Waals surface area contributed by atoms with Crippen LogP contribution in [-0.2, 0) is 5.41 Å². The molecule has 0 amide bonds. The zero-order valence-electron chi connectivity index (χ0n) is 39.1. The molecule has 0 radical (unpaired) electrons. The highest BCUT2D eigenvalue weighted by Gasteiger charge is 2.26. The van der Waals surface area contributed by atoms with E-state index in [2.05, 4.69) is 242 Å². The third-order valence-corrected chi connectivity index (χ3v) is 16.1. The first-order valence-electron chi connectivity index (χ1n) is 24.7. The quantitative estimate of drug-likeness (QED) is 0.156. The van der Waals surface area contributed by atoms with Crippen LogP contribution in [-0.4, -0.2) is 8.80 Å². The topological polar surface area (TPSA) is 8.82 Å². The smallest absolute Gasteiger partial charge is 0.0626 e. The minimum absolute atomic E-state index is 0.0400. The summed E-state index contributed by atoms with van der Waals surface area (Å²) in [6.45, 7) is 6.95. The van der Waals surface area contributed by atoms with E-state index in [0.29, 0.717) is 0 Å². The molecule has 4 aromatic heterocycles. The number of benzene rings is 12. The second-order valence-electron chi connectivity index (χ2n) is 20.8. The molecule has 0 unspecified atom stereocenters. The van der Waals surface area contributed by atoms with Crippen LogP contribution in [0.5, 0.6) is 0 Å². The van der Waals surface area contributed by atoms with Crippen molar-refractivity contribution < 1.29 is 0 Å². The summed E-state index contributed by atoms with van der Waals surface area (Å²) in [5, 5.41) is 20.7. The number of para-hydroxylation sites is 1. The Kier molecular flexibility index (Phi) is 7.38. The molecule has 0 aliphatic carbocycles. The van der Waals surface area contributed by atoms with Gasteiger partial charge in [-0.1, -0.05) is 178 Å². The fourth-order valence-electron chi connectivity index (χ4n) is 13.0. The number of hydrogen-bond donors (Lipinski definition) is 0. The first-order valence-corrected chi connectivity index (χ1v) is 24.7. The van der Waals surface area contributed by atoms with Crippen LogP contribution in [0.4, 0.5) is 0 Å². The molecule has 2 nitrogen and oxygen atoms in total. The molecule has 70 heavy (non-hydrogen) atoms. The summed E-state index contributed by atoms with van der Waals surface area (Å²) in [5.41, 5.74) is 16.6. The molecule has 0 aliphatic heterocycles. The molecule has 2 heteroatoms. The molecule has 0 aliphatic rings. The molecule has 0 bridgehead atoms. The molecule has 0 saturated carbocycles. The van der Waals surface area contributed by atoms with E-state index in [-0.39, 0.29) is 5.41 Å². The summed E-state index contributed by atoms with van der Waals surface area (Å²) < 4.78 is 5.07. The van der Waals surface area contributed by atoms with Crippen LogP contribution < -0.4 is 0 Å². The van der Waals surface area contributed by atoms with E-state index in [1.165, 1.54) is 158 Å². The van der Waals surface area contributed by atoms with Crippen molar-refractivity contribution in [1.82, 2.24) is 8.80 Å². The fraction of sp³-hybridized carbons (Fsp3) is 0.0588. The molecule has 0 N–H and O–H groups in total. The number of fused-ring (bicyclic) bond motifs is 18. The predicted octanol–water partition coefficient (Wildman–Crippen LogP) is 18.9. The summed E-state index contributed by atoms with van der Waals surface area (Å²) in [4.78, 5) is 0. The summed E-state index contributed by atoms with van der Waals surface area (Å²) in [5.74, 6) is 0. The van der Waals surface area contributed by atoms with Crippen molar-refractivity contribution in [2.75, 3.05) is 0 Å². The predicted molar refractivity (Wildman–Crippen MR) is 301 cm³/mol.